The van der Waals surface area contributed by atoms with E-state index in [0.29, 0.717) is 12.3 Å². The van der Waals surface area contributed by atoms with Crippen molar-refractivity contribution in [3.05, 3.63) is 54.1 Å². The molecule has 0 spiro atoms. The Morgan fingerprint density at radius 3 is 2.70 bits per heavy atom. The summed E-state index contributed by atoms with van der Waals surface area (Å²) in [6.07, 6.45) is 1.68. The van der Waals surface area contributed by atoms with Gasteiger partial charge in [-0.05, 0) is 50.6 Å². The van der Waals surface area contributed by atoms with Crippen molar-refractivity contribution in [2.24, 2.45) is 0 Å². The Hall–Kier alpha value is -2.40. The Kier molecular flexibility index (Phi) is 3.82. The van der Waals surface area contributed by atoms with Crippen LogP contribution in [-0.4, -0.2) is 20.3 Å². The summed E-state index contributed by atoms with van der Waals surface area (Å²) in [5.41, 5.74) is 1.65. The average Bonchev–Trinajstić information content (AvgIpc) is 2.82. The number of aryl methyl sites for hydroxylation is 1. The molecule has 0 aliphatic carbocycles. The lowest BCUT2D eigenvalue weighted by atomic mass is 10.1. The minimum atomic E-state index is -0.826. The van der Waals surface area contributed by atoms with Gasteiger partial charge < -0.3 is 14.4 Å². The van der Waals surface area contributed by atoms with Gasteiger partial charge in [-0.3, -0.25) is 0 Å². The minimum absolute atomic E-state index is 0.186. The maximum atomic E-state index is 13.9. The predicted octanol–water partition coefficient (Wildman–Crippen LogP) is 4.05. The highest BCUT2D eigenvalue weighted by Gasteiger charge is 2.15. The summed E-state index contributed by atoms with van der Waals surface area (Å²) in [7, 11) is 0. The van der Waals surface area contributed by atoms with E-state index in [4.69, 9.17) is 4.74 Å². The van der Waals surface area contributed by atoms with Gasteiger partial charge in [0.05, 0.1) is 29.5 Å². The molecule has 1 heterocycles. The number of hydrogen-bond acceptors (Lipinski definition) is 3. The molecule has 0 saturated carbocycles. The smallest absolute Gasteiger partial charge is 0.165 e. The molecule has 0 amide bonds. The van der Waals surface area contributed by atoms with Gasteiger partial charge in [-0.1, -0.05) is 6.07 Å². The van der Waals surface area contributed by atoms with Crippen LogP contribution in [0.5, 0.6) is 11.5 Å². The molecule has 5 heteroatoms. The SMILES string of the molecule is Cc1ccc(Oc2ccc3c(c2)ncn3CC(C)(C)O)c(F)c1. The Morgan fingerprint density at radius 2 is 2.00 bits per heavy atom. The molecule has 120 valence electrons. The van der Waals surface area contributed by atoms with Gasteiger partial charge in [-0.15, -0.1) is 0 Å². The zero-order chi connectivity index (χ0) is 16.6. The van der Waals surface area contributed by atoms with Gasteiger partial charge in [0, 0.05) is 6.07 Å². The van der Waals surface area contributed by atoms with Gasteiger partial charge in [0.2, 0.25) is 0 Å². The zero-order valence-electron chi connectivity index (χ0n) is 13.4. The summed E-state index contributed by atoms with van der Waals surface area (Å²) < 4.78 is 21.4. The van der Waals surface area contributed by atoms with Crippen LogP contribution in [0.3, 0.4) is 0 Å². The molecule has 0 fully saturated rings. The average molecular weight is 314 g/mol. The molecule has 0 aliphatic heterocycles. The maximum absolute atomic E-state index is 13.9. The van der Waals surface area contributed by atoms with Crippen molar-refractivity contribution in [1.82, 2.24) is 9.55 Å². The lowest BCUT2D eigenvalue weighted by Crippen LogP contribution is -2.25. The molecule has 3 aromatic rings. The summed E-state index contributed by atoms with van der Waals surface area (Å²) in [6.45, 7) is 5.76. The van der Waals surface area contributed by atoms with Crippen molar-refractivity contribution in [2.75, 3.05) is 0 Å². The van der Waals surface area contributed by atoms with E-state index in [1.54, 1.807) is 44.4 Å². The molecule has 0 radical (unpaired) electrons. The molecule has 0 atom stereocenters. The van der Waals surface area contributed by atoms with Crippen molar-refractivity contribution in [3.8, 4) is 11.5 Å². The van der Waals surface area contributed by atoms with Gasteiger partial charge in [-0.25, -0.2) is 9.37 Å². The highest BCUT2D eigenvalue weighted by Crippen LogP contribution is 2.28. The van der Waals surface area contributed by atoms with E-state index >= 15 is 0 Å². The first-order valence-electron chi connectivity index (χ1n) is 7.43. The summed E-state index contributed by atoms with van der Waals surface area (Å²) >= 11 is 0. The Morgan fingerprint density at radius 1 is 1.22 bits per heavy atom. The van der Waals surface area contributed by atoms with E-state index in [9.17, 15) is 9.50 Å². The summed E-state index contributed by atoms with van der Waals surface area (Å²) in [5.74, 6) is 0.317. The number of ether oxygens (including phenoxy) is 1. The first kappa shape index (κ1) is 15.5. The normalized spacial score (nSPS) is 11.9. The Balaban J connectivity index is 1.89. The number of nitrogens with zero attached hydrogens (tertiary/aromatic N) is 2. The van der Waals surface area contributed by atoms with E-state index < -0.39 is 11.4 Å². The second-order valence-electron chi connectivity index (χ2n) is 6.37. The fourth-order valence-corrected chi connectivity index (χ4v) is 2.47. The monoisotopic (exact) mass is 314 g/mol. The fourth-order valence-electron chi connectivity index (χ4n) is 2.47. The minimum Gasteiger partial charge on any atom is -0.454 e. The van der Waals surface area contributed by atoms with Crippen LogP contribution in [0.2, 0.25) is 0 Å². The Bertz CT molecular complexity index is 850. The number of aromatic nitrogens is 2. The summed E-state index contributed by atoms with van der Waals surface area (Å²) in [6, 6.07) is 10.2. The van der Waals surface area contributed by atoms with Gasteiger partial charge in [0.1, 0.15) is 5.75 Å². The lowest BCUT2D eigenvalue weighted by molar-refractivity contribution is 0.0627. The molecule has 1 aromatic heterocycles. The summed E-state index contributed by atoms with van der Waals surface area (Å²) in [5, 5.41) is 9.94. The number of hydrogen-bond donors (Lipinski definition) is 1. The van der Waals surface area contributed by atoms with Gasteiger partial charge in [0.25, 0.3) is 0 Å². The molecule has 23 heavy (non-hydrogen) atoms. The van der Waals surface area contributed by atoms with E-state index in [2.05, 4.69) is 4.98 Å². The lowest BCUT2D eigenvalue weighted by Gasteiger charge is -2.18. The third-order valence-electron chi connectivity index (χ3n) is 3.46. The van der Waals surface area contributed by atoms with Crippen molar-refractivity contribution in [3.63, 3.8) is 0 Å². The van der Waals surface area contributed by atoms with Gasteiger partial charge in [0.15, 0.2) is 11.6 Å². The number of halogens is 1. The van der Waals surface area contributed by atoms with Crippen molar-refractivity contribution in [1.29, 1.82) is 0 Å². The standard InChI is InChI=1S/C18H19FN2O2/c1-12-4-7-17(14(19)8-12)23-13-5-6-16-15(9-13)20-11-21(16)10-18(2,3)22/h4-9,11,22H,10H2,1-3H3. The maximum Gasteiger partial charge on any atom is 0.165 e. The summed E-state index contributed by atoms with van der Waals surface area (Å²) in [4.78, 5) is 4.32. The molecule has 3 rings (SSSR count). The number of benzene rings is 2. The van der Waals surface area contributed by atoms with E-state index in [0.717, 1.165) is 16.6 Å². The predicted molar refractivity (Wildman–Crippen MR) is 87.2 cm³/mol. The van der Waals surface area contributed by atoms with Crippen LogP contribution in [0.25, 0.3) is 11.0 Å². The molecule has 0 bridgehead atoms. The van der Waals surface area contributed by atoms with Crippen molar-refractivity contribution >= 4 is 11.0 Å². The molecule has 4 nitrogen and oxygen atoms in total. The third kappa shape index (κ3) is 3.51. The van der Waals surface area contributed by atoms with Crippen LogP contribution in [-0.2, 0) is 6.54 Å². The second kappa shape index (κ2) is 5.66. The molecule has 0 unspecified atom stereocenters. The van der Waals surface area contributed by atoms with Crippen molar-refractivity contribution in [2.45, 2.75) is 32.9 Å². The number of rotatable bonds is 4. The van der Waals surface area contributed by atoms with Crippen LogP contribution >= 0.6 is 0 Å². The van der Waals surface area contributed by atoms with Crippen LogP contribution in [0.15, 0.2) is 42.7 Å². The topological polar surface area (TPSA) is 47.3 Å². The van der Waals surface area contributed by atoms with E-state index in [1.165, 1.54) is 6.07 Å². The quantitative estimate of drug-likeness (QED) is 0.790. The number of fused-ring (bicyclic) bond motifs is 1. The number of imidazole rings is 1. The van der Waals surface area contributed by atoms with Crippen LogP contribution in [0.1, 0.15) is 19.4 Å². The van der Waals surface area contributed by atoms with Gasteiger partial charge >= 0.3 is 0 Å². The first-order chi connectivity index (χ1) is 10.8. The molecule has 1 N–H and O–H groups in total. The van der Waals surface area contributed by atoms with E-state index in [1.807, 2.05) is 17.6 Å². The molecule has 0 saturated heterocycles. The Labute approximate surface area is 134 Å². The van der Waals surface area contributed by atoms with Crippen LogP contribution < -0.4 is 4.74 Å². The largest absolute Gasteiger partial charge is 0.454 e. The highest BCUT2D eigenvalue weighted by atomic mass is 19.1. The van der Waals surface area contributed by atoms with Crippen LogP contribution in [0, 0.1) is 12.7 Å². The van der Waals surface area contributed by atoms with Crippen molar-refractivity contribution < 1.29 is 14.2 Å². The van der Waals surface area contributed by atoms with Crippen LogP contribution in [0.4, 0.5) is 4.39 Å². The number of aliphatic hydroxyl groups is 1. The fraction of sp³-hybridized carbons (Fsp3) is 0.278. The third-order valence-corrected chi connectivity index (χ3v) is 3.46. The first-order valence-corrected chi connectivity index (χ1v) is 7.43. The molecular formula is C18H19FN2O2. The van der Waals surface area contributed by atoms with Gasteiger partial charge in [-0.2, -0.15) is 0 Å². The van der Waals surface area contributed by atoms with E-state index in [-0.39, 0.29) is 5.75 Å². The highest BCUT2D eigenvalue weighted by molar-refractivity contribution is 5.77. The zero-order valence-corrected chi connectivity index (χ0v) is 13.4. The molecule has 0 aliphatic rings. The second-order valence-corrected chi connectivity index (χ2v) is 6.37. The molecular weight excluding hydrogens is 295 g/mol. The molecule has 2 aromatic carbocycles.